The lowest BCUT2D eigenvalue weighted by Crippen LogP contribution is -2.42. The van der Waals surface area contributed by atoms with Crippen molar-refractivity contribution in [1.82, 2.24) is 0 Å². The van der Waals surface area contributed by atoms with Crippen LogP contribution in [0, 0.1) is 0 Å². The summed E-state index contributed by atoms with van der Waals surface area (Å²) >= 11 is 0. The van der Waals surface area contributed by atoms with E-state index in [0.717, 1.165) is 0 Å². The summed E-state index contributed by atoms with van der Waals surface area (Å²) < 4.78 is 4.81. The number of hydrogen-bond donors (Lipinski definition) is 6. The molecule has 0 heterocycles. The summed E-state index contributed by atoms with van der Waals surface area (Å²) in [6, 6.07) is 0. The van der Waals surface area contributed by atoms with E-state index in [4.69, 9.17) is 25.2 Å². The number of aliphatic hydroxyl groups is 5. The molecular weight excluding hydrogens is 312 g/mol. The normalized spacial score (nSPS) is 13.1. The smallest absolute Gasteiger partial charge is 0.366 e. The predicted octanol–water partition coefficient (Wildman–Crippen LogP) is -0.913. The maximum Gasteiger partial charge on any atom is 0.366 e. The molecule has 23 heavy (non-hydrogen) atoms. The molecule has 0 bridgehead atoms. The van der Waals surface area contributed by atoms with Gasteiger partial charge in [-0.2, -0.15) is 0 Å². The Hall–Kier alpha value is -1.26. The molecule has 1 unspecified atom stereocenters. The number of esters is 1. The first-order valence-corrected chi connectivity index (χ1v) is 7.53. The molecular formula is C14H26O9. The van der Waals surface area contributed by atoms with Crippen LogP contribution >= 0.6 is 0 Å². The molecule has 1 atom stereocenters. The Morgan fingerprint density at radius 1 is 1.00 bits per heavy atom. The number of hydrogen-bond acceptors (Lipinski definition) is 8. The molecule has 136 valence electrons. The first-order chi connectivity index (χ1) is 10.7. The Morgan fingerprint density at radius 3 is 2.13 bits per heavy atom. The van der Waals surface area contributed by atoms with Crippen molar-refractivity contribution in [3.8, 4) is 0 Å². The molecule has 0 rings (SSSR count). The van der Waals surface area contributed by atoms with Gasteiger partial charge in [-0.1, -0.05) is 6.42 Å². The first-order valence-electron chi connectivity index (χ1n) is 7.53. The summed E-state index contributed by atoms with van der Waals surface area (Å²) in [6.45, 7) is -0.487. The second kappa shape index (κ2) is 11.3. The summed E-state index contributed by atoms with van der Waals surface area (Å²) in [6.07, 6.45) is -0.911. The van der Waals surface area contributed by atoms with Crippen LogP contribution in [0.5, 0.6) is 0 Å². The zero-order chi connectivity index (χ0) is 17.9. The van der Waals surface area contributed by atoms with Gasteiger partial charge in [-0.15, -0.1) is 0 Å². The quantitative estimate of drug-likeness (QED) is 0.142. The summed E-state index contributed by atoms with van der Waals surface area (Å²) in [4.78, 5) is 22.0. The van der Waals surface area contributed by atoms with E-state index < -0.39 is 43.1 Å². The van der Waals surface area contributed by atoms with Crippen molar-refractivity contribution in [1.29, 1.82) is 0 Å². The highest BCUT2D eigenvalue weighted by Crippen LogP contribution is 2.16. The number of aliphatic hydroxyl groups excluding tert-OH is 2. The molecule has 6 N–H and O–H groups in total. The second-order valence-electron chi connectivity index (χ2n) is 5.39. The molecule has 0 aliphatic rings. The van der Waals surface area contributed by atoms with Crippen molar-refractivity contribution in [3.63, 3.8) is 0 Å². The summed E-state index contributed by atoms with van der Waals surface area (Å²) in [7, 11) is 0. The highest BCUT2D eigenvalue weighted by Gasteiger charge is 2.36. The fourth-order valence-corrected chi connectivity index (χ4v) is 1.90. The molecule has 0 aliphatic carbocycles. The van der Waals surface area contributed by atoms with Crippen LogP contribution < -0.4 is 0 Å². The van der Waals surface area contributed by atoms with Crippen molar-refractivity contribution in [3.05, 3.63) is 0 Å². The maximum atomic E-state index is 11.6. The van der Waals surface area contributed by atoms with Crippen LogP contribution in [0.3, 0.4) is 0 Å². The summed E-state index contributed by atoms with van der Waals surface area (Å²) in [5, 5.41) is 54.1. The fraction of sp³-hybridized carbons (Fsp3) is 0.857. The summed E-state index contributed by atoms with van der Waals surface area (Å²) in [5.41, 5.74) is 0. The minimum Gasteiger partial charge on any atom is -0.481 e. The van der Waals surface area contributed by atoms with Gasteiger partial charge in [0.05, 0.1) is 6.61 Å². The zero-order valence-corrected chi connectivity index (χ0v) is 12.9. The molecule has 0 aliphatic heterocycles. The standard InChI is InChI=1S/C14H26O9/c15-9-10(5-2-1-3-6-11(16)17)23-13(20)14(21,22)8-4-7-12(18)19/h10-11,15-17,21-22H,1-9H2,(H,18,19). The molecule has 0 aromatic rings. The highest BCUT2D eigenvalue weighted by molar-refractivity contribution is 5.77. The monoisotopic (exact) mass is 338 g/mol. The van der Waals surface area contributed by atoms with Gasteiger partial charge >= 0.3 is 11.9 Å². The molecule has 0 aromatic carbocycles. The predicted molar refractivity (Wildman–Crippen MR) is 76.9 cm³/mol. The van der Waals surface area contributed by atoms with Crippen LogP contribution in [-0.2, 0) is 14.3 Å². The van der Waals surface area contributed by atoms with E-state index in [9.17, 15) is 19.8 Å². The van der Waals surface area contributed by atoms with E-state index in [1.54, 1.807) is 0 Å². The minimum atomic E-state index is -2.79. The molecule has 9 heteroatoms. The van der Waals surface area contributed by atoms with Crippen molar-refractivity contribution in [2.24, 2.45) is 0 Å². The third kappa shape index (κ3) is 11.0. The van der Waals surface area contributed by atoms with Gasteiger partial charge in [-0.05, 0) is 32.1 Å². The lowest BCUT2D eigenvalue weighted by Gasteiger charge is -2.23. The minimum absolute atomic E-state index is 0.106. The van der Waals surface area contributed by atoms with Crippen LogP contribution in [0.4, 0.5) is 0 Å². The van der Waals surface area contributed by atoms with E-state index in [-0.39, 0.29) is 25.7 Å². The van der Waals surface area contributed by atoms with Crippen LogP contribution in [0.2, 0.25) is 0 Å². The van der Waals surface area contributed by atoms with Gasteiger partial charge < -0.3 is 35.4 Å². The van der Waals surface area contributed by atoms with E-state index in [0.29, 0.717) is 19.3 Å². The molecule has 0 spiro atoms. The Morgan fingerprint density at radius 2 is 1.61 bits per heavy atom. The van der Waals surface area contributed by atoms with Crippen molar-refractivity contribution in [2.45, 2.75) is 69.5 Å². The van der Waals surface area contributed by atoms with Crippen LogP contribution in [0.15, 0.2) is 0 Å². The summed E-state index contributed by atoms with van der Waals surface area (Å²) in [5.74, 6) is -5.23. The Balaban J connectivity index is 4.12. The molecule has 0 fully saturated rings. The number of carboxylic acids is 1. The van der Waals surface area contributed by atoms with Crippen molar-refractivity contribution in [2.75, 3.05) is 6.61 Å². The first kappa shape index (κ1) is 21.7. The Bertz CT molecular complexity index is 354. The molecule has 9 nitrogen and oxygen atoms in total. The van der Waals surface area contributed by atoms with Gasteiger partial charge in [0.25, 0.3) is 5.79 Å². The number of unbranched alkanes of at least 4 members (excludes halogenated alkanes) is 2. The van der Waals surface area contributed by atoms with Crippen LogP contribution in [-0.4, -0.2) is 67.4 Å². The lowest BCUT2D eigenvalue weighted by atomic mass is 10.1. The molecule has 0 saturated heterocycles. The lowest BCUT2D eigenvalue weighted by molar-refractivity contribution is -0.218. The van der Waals surface area contributed by atoms with Gasteiger partial charge in [0.15, 0.2) is 6.29 Å². The fourth-order valence-electron chi connectivity index (χ4n) is 1.90. The van der Waals surface area contributed by atoms with Crippen LogP contribution in [0.1, 0.15) is 51.4 Å². The van der Waals surface area contributed by atoms with E-state index in [2.05, 4.69) is 0 Å². The van der Waals surface area contributed by atoms with E-state index >= 15 is 0 Å². The number of ether oxygens (including phenoxy) is 1. The second-order valence-corrected chi connectivity index (χ2v) is 5.39. The third-order valence-corrected chi connectivity index (χ3v) is 3.21. The van der Waals surface area contributed by atoms with Crippen molar-refractivity contribution >= 4 is 11.9 Å². The van der Waals surface area contributed by atoms with Gasteiger partial charge in [-0.25, -0.2) is 4.79 Å². The maximum absolute atomic E-state index is 11.6. The van der Waals surface area contributed by atoms with Crippen LogP contribution in [0.25, 0.3) is 0 Å². The number of carboxylic acid groups (broad SMARTS) is 1. The average molecular weight is 338 g/mol. The Labute approximate surface area is 134 Å². The molecule has 0 aromatic heterocycles. The molecule has 0 radical (unpaired) electrons. The molecule has 0 amide bonds. The van der Waals surface area contributed by atoms with Gasteiger partial charge in [0.1, 0.15) is 6.10 Å². The number of aliphatic carboxylic acids is 1. The number of carbonyl (C=O) groups excluding carboxylic acids is 1. The van der Waals surface area contributed by atoms with E-state index in [1.807, 2.05) is 0 Å². The highest BCUT2D eigenvalue weighted by atomic mass is 16.6. The van der Waals surface area contributed by atoms with Gasteiger partial charge in [0.2, 0.25) is 0 Å². The largest absolute Gasteiger partial charge is 0.481 e. The molecule has 0 saturated carbocycles. The third-order valence-electron chi connectivity index (χ3n) is 3.21. The van der Waals surface area contributed by atoms with E-state index in [1.165, 1.54) is 0 Å². The SMILES string of the molecule is O=C(O)CCCC(O)(O)C(=O)OC(CO)CCCCCC(O)O. The topological polar surface area (TPSA) is 165 Å². The van der Waals surface area contributed by atoms with Crippen molar-refractivity contribution < 1.29 is 45.0 Å². The number of rotatable bonds is 13. The zero-order valence-electron chi connectivity index (χ0n) is 12.9. The Kier molecular flexibility index (Phi) is 10.7. The van der Waals surface area contributed by atoms with Gasteiger partial charge in [0, 0.05) is 12.8 Å². The number of carbonyl (C=O) groups is 2. The van der Waals surface area contributed by atoms with Gasteiger partial charge in [-0.3, -0.25) is 4.79 Å². The average Bonchev–Trinajstić information content (AvgIpc) is 2.44.